The van der Waals surface area contributed by atoms with E-state index in [0.29, 0.717) is 6.04 Å². The SMILES string of the molecule is CCCC(C)C(NCC)C1SCCSC1CC. The summed E-state index contributed by atoms with van der Waals surface area (Å²) in [7, 11) is 0. The van der Waals surface area contributed by atoms with Crippen LogP contribution in [-0.4, -0.2) is 34.6 Å². The van der Waals surface area contributed by atoms with Crippen LogP contribution in [0.4, 0.5) is 0 Å². The zero-order chi connectivity index (χ0) is 12.7. The van der Waals surface area contributed by atoms with E-state index in [4.69, 9.17) is 0 Å². The first-order chi connectivity index (χ1) is 8.24. The summed E-state index contributed by atoms with van der Waals surface area (Å²) in [6.07, 6.45) is 3.99. The molecule has 1 nitrogen and oxygen atoms in total. The van der Waals surface area contributed by atoms with Crippen LogP contribution >= 0.6 is 23.5 Å². The number of nitrogens with one attached hydrogen (secondary N) is 1. The Morgan fingerprint density at radius 3 is 2.47 bits per heavy atom. The van der Waals surface area contributed by atoms with Gasteiger partial charge < -0.3 is 5.32 Å². The summed E-state index contributed by atoms with van der Waals surface area (Å²) < 4.78 is 0. The molecule has 102 valence electrons. The minimum atomic E-state index is 0.711. The first-order valence-electron chi connectivity index (χ1n) is 7.21. The molecule has 0 aromatic heterocycles. The molecule has 0 amide bonds. The summed E-state index contributed by atoms with van der Waals surface area (Å²) in [6, 6.07) is 0.711. The van der Waals surface area contributed by atoms with Crippen molar-refractivity contribution in [3.63, 3.8) is 0 Å². The van der Waals surface area contributed by atoms with Gasteiger partial charge in [-0.05, 0) is 25.3 Å². The average Bonchev–Trinajstić information content (AvgIpc) is 2.36. The minimum Gasteiger partial charge on any atom is -0.313 e. The highest BCUT2D eigenvalue weighted by Crippen LogP contribution is 2.37. The maximum absolute atomic E-state index is 3.77. The van der Waals surface area contributed by atoms with Crippen molar-refractivity contribution in [3.05, 3.63) is 0 Å². The van der Waals surface area contributed by atoms with E-state index < -0.39 is 0 Å². The predicted molar refractivity (Wildman–Crippen MR) is 84.3 cm³/mol. The van der Waals surface area contributed by atoms with Crippen molar-refractivity contribution in [1.29, 1.82) is 0 Å². The fraction of sp³-hybridized carbons (Fsp3) is 1.00. The summed E-state index contributed by atoms with van der Waals surface area (Å²) in [4.78, 5) is 0. The predicted octanol–water partition coefficient (Wildman–Crippen LogP) is 4.03. The molecule has 0 saturated carbocycles. The summed E-state index contributed by atoms with van der Waals surface area (Å²) in [6.45, 7) is 10.4. The maximum atomic E-state index is 3.77. The molecule has 0 aliphatic carbocycles. The monoisotopic (exact) mass is 275 g/mol. The molecule has 17 heavy (non-hydrogen) atoms. The van der Waals surface area contributed by atoms with Gasteiger partial charge in [0.2, 0.25) is 0 Å². The minimum absolute atomic E-state index is 0.711. The Labute approximate surface area is 116 Å². The highest BCUT2D eigenvalue weighted by molar-refractivity contribution is 8.07. The van der Waals surface area contributed by atoms with Crippen LogP contribution in [0.15, 0.2) is 0 Å². The van der Waals surface area contributed by atoms with Crippen LogP contribution in [0.2, 0.25) is 0 Å². The van der Waals surface area contributed by atoms with Gasteiger partial charge in [-0.25, -0.2) is 0 Å². The van der Waals surface area contributed by atoms with Crippen LogP contribution < -0.4 is 5.32 Å². The van der Waals surface area contributed by atoms with Crippen molar-refractivity contribution in [2.75, 3.05) is 18.1 Å². The zero-order valence-corrected chi connectivity index (χ0v) is 13.5. The molecule has 0 radical (unpaired) electrons. The molecule has 4 unspecified atom stereocenters. The maximum Gasteiger partial charge on any atom is 0.0322 e. The third-order valence-corrected chi connectivity index (χ3v) is 7.02. The smallest absolute Gasteiger partial charge is 0.0322 e. The van der Waals surface area contributed by atoms with E-state index in [1.165, 1.54) is 30.8 Å². The fourth-order valence-corrected chi connectivity index (χ4v) is 6.17. The highest BCUT2D eigenvalue weighted by Gasteiger charge is 2.34. The Morgan fingerprint density at radius 2 is 1.88 bits per heavy atom. The van der Waals surface area contributed by atoms with Crippen molar-refractivity contribution in [3.8, 4) is 0 Å². The third kappa shape index (κ3) is 4.68. The molecule has 1 aliphatic heterocycles. The molecular weight excluding hydrogens is 246 g/mol. The van der Waals surface area contributed by atoms with Gasteiger partial charge in [-0.15, -0.1) is 0 Å². The van der Waals surface area contributed by atoms with E-state index >= 15 is 0 Å². The van der Waals surface area contributed by atoms with E-state index in [1.807, 2.05) is 0 Å². The van der Waals surface area contributed by atoms with Gasteiger partial charge in [0.25, 0.3) is 0 Å². The number of thioether (sulfide) groups is 2. The topological polar surface area (TPSA) is 12.0 Å². The Morgan fingerprint density at radius 1 is 1.18 bits per heavy atom. The first kappa shape index (κ1) is 15.7. The number of hydrogen-bond donors (Lipinski definition) is 1. The third-order valence-electron chi connectivity index (χ3n) is 3.65. The fourth-order valence-electron chi connectivity index (χ4n) is 2.78. The molecule has 1 fully saturated rings. The van der Waals surface area contributed by atoms with Gasteiger partial charge in [0.1, 0.15) is 0 Å². The lowest BCUT2D eigenvalue weighted by Crippen LogP contribution is -2.48. The molecule has 1 N–H and O–H groups in total. The molecule has 0 aromatic rings. The summed E-state index contributed by atoms with van der Waals surface area (Å²) in [5.41, 5.74) is 0. The summed E-state index contributed by atoms with van der Waals surface area (Å²) in [5, 5.41) is 5.45. The Hall–Kier alpha value is 0.660. The van der Waals surface area contributed by atoms with Crippen LogP contribution in [0.25, 0.3) is 0 Å². The van der Waals surface area contributed by atoms with E-state index in [0.717, 1.165) is 23.0 Å². The van der Waals surface area contributed by atoms with E-state index in [2.05, 4.69) is 56.5 Å². The number of rotatable bonds is 7. The van der Waals surface area contributed by atoms with Gasteiger partial charge >= 0.3 is 0 Å². The molecule has 3 heteroatoms. The van der Waals surface area contributed by atoms with E-state index in [1.54, 1.807) is 0 Å². The second-order valence-electron chi connectivity index (χ2n) is 5.00. The first-order valence-corrected chi connectivity index (χ1v) is 9.30. The molecule has 1 saturated heterocycles. The molecule has 1 rings (SSSR count). The lowest BCUT2D eigenvalue weighted by atomic mass is 9.92. The van der Waals surface area contributed by atoms with Crippen molar-refractivity contribution >= 4 is 23.5 Å². The molecule has 4 atom stereocenters. The Bertz CT molecular complexity index is 199. The Balaban J connectivity index is 2.65. The van der Waals surface area contributed by atoms with Crippen molar-refractivity contribution in [2.24, 2.45) is 5.92 Å². The zero-order valence-electron chi connectivity index (χ0n) is 11.9. The Kier molecular flexibility index (Phi) is 8.05. The van der Waals surface area contributed by atoms with Crippen LogP contribution in [-0.2, 0) is 0 Å². The van der Waals surface area contributed by atoms with E-state index in [-0.39, 0.29) is 0 Å². The molecule has 0 bridgehead atoms. The lowest BCUT2D eigenvalue weighted by Gasteiger charge is -2.39. The van der Waals surface area contributed by atoms with Gasteiger partial charge in [-0.3, -0.25) is 0 Å². The van der Waals surface area contributed by atoms with Gasteiger partial charge in [0.05, 0.1) is 0 Å². The number of hydrogen-bond acceptors (Lipinski definition) is 3. The molecule has 1 aliphatic rings. The molecule has 0 spiro atoms. The second kappa shape index (κ2) is 8.71. The van der Waals surface area contributed by atoms with Gasteiger partial charge in [-0.2, -0.15) is 23.5 Å². The molecule has 0 aromatic carbocycles. The lowest BCUT2D eigenvalue weighted by molar-refractivity contribution is 0.345. The second-order valence-corrected chi connectivity index (χ2v) is 7.64. The van der Waals surface area contributed by atoms with Gasteiger partial charge in [0, 0.05) is 28.0 Å². The summed E-state index contributed by atoms with van der Waals surface area (Å²) in [5.74, 6) is 3.50. The van der Waals surface area contributed by atoms with Crippen LogP contribution in [0.5, 0.6) is 0 Å². The van der Waals surface area contributed by atoms with Crippen molar-refractivity contribution < 1.29 is 0 Å². The standard InChI is InChI=1S/C14H29NS2/c1-5-8-11(4)13(15-7-3)14-12(6-2)16-9-10-17-14/h11-15H,5-10H2,1-4H3. The largest absolute Gasteiger partial charge is 0.313 e. The van der Waals surface area contributed by atoms with Crippen LogP contribution in [0, 0.1) is 5.92 Å². The van der Waals surface area contributed by atoms with Crippen LogP contribution in [0.3, 0.4) is 0 Å². The normalized spacial score (nSPS) is 28.9. The van der Waals surface area contributed by atoms with Gasteiger partial charge in [-0.1, -0.05) is 34.1 Å². The quantitative estimate of drug-likeness (QED) is 0.753. The van der Waals surface area contributed by atoms with Crippen molar-refractivity contribution in [2.45, 2.75) is 63.5 Å². The molecule has 1 heterocycles. The van der Waals surface area contributed by atoms with Crippen molar-refractivity contribution in [1.82, 2.24) is 5.32 Å². The van der Waals surface area contributed by atoms with Crippen LogP contribution in [0.1, 0.15) is 47.0 Å². The average molecular weight is 276 g/mol. The van der Waals surface area contributed by atoms with Gasteiger partial charge in [0.15, 0.2) is 0 Å². The molecular formula is C14H29NS2. The highest BCUT2D eigenvalue weighted by atomic mass is 32.2. The summed E-state index contributed by atoms with van der Waals surface area (Å²) >= 11 is 4.41. The van der Waals surface area contributed by atoms with E-state index in [9.17, 15) is 0 Å².